The molecule has 0 rings (SSSR count). The van der Waals surface area contributed by atoms with Crippen molar-refractivity contribution in [1.82, 2.24) is 0 Å². The molecule has 3 heteroatoms. The molecule has 0 spiro atoms. The summed E-state index contributed by atoms with van der Waals surface area (Å²) in [5.74, 6) is -0.807. The molecule has 0 aliphatic heterocycles. The zero-order chi connectivity index (χ0) is 10.1. The Morgan fingerprint density at radius 2 is 2.15 bits per heavy atom. The standard InChI is InChI=1S/C10H13ClO2/c1-2-3-4-6-9(11)7-5-8-10(12)13/h2-4,6-7H,5,8H2,1H3,(H,12,13)/b3-2-,6-4-,9-7-. The molecule has 13 heavy (non-hydrogen) atoms. The smallest absolute Gasteiger partial charge is 0.303 e. The van der Waals surface area contributed by atoms with E-state index in [0.717, 1.165) is 0 Å². The Morgan fingerprint density at radius 1 is 1.46 bits per heavy atom. The van der Waals surface area contributed by atoms with Crippen LogP contribution in [-0.2, 0) is 4.79 Å². The predicted octanol–water partition coefficient (Wildman–Crippen LogP) is 3.11. The molecule has 0 saturated heterocycles. The van der Waals surface area contributed by atoms with Gasteiger partial charge < -0.3 is 5.11 Å². The molecule has 0 bridgehead atoms. The molecule has 0 radical (unpaired) electrons. The van der Waals surface area contributed by atoms with Gasteiger partial charge in [-0.15, -0.1) is 0 Å². The van der Waals surface area contributed by atoms with E-state index >= 15 is 0 Å². The second-order valence-electron chi connectivity index (χ2n) is 2.41. The average molecular weight is 201 g/mol. The van der Waals surface area contributed by atoms with Crippen molar-refractivity contribution in [2.24, 2.45) is 0 Å². The van der Waals surface area contributed by atoms with E-state index < -0.39 is 5.97 Å². The number of rotatable bonds is 5. The van der Waals surface area contributed by atoms with Crippen LogP contribution in [0.3, 0.4) is 0 Å². The van der Waals surface area contributed by atoms with E-state index in [4.69, 9.17) is 16.7 Å². The summed E-state index contributed by atoms with van der Waals surface area (Å²) in [4.78, 5) is 10.1. The Kier molecular flexibility index (Phi) is 7.02. The number of carbonyl (C=O) groups is 1. The molecule has 0 heterocycles. The number of aliphatic carboxylic acids is 1. The molecule has 1 N–H and O–H groups in total. The summed E-state index contributed by atoms with van der Waals surface area (Å²) in [6.45, 7) is 1.91. The molecule has 2 nitrogen and oxygen atoms in total. The number of allylic oxidation sites excluding steroid dienone is 6. The van der Waals surface area contributed by atoms with Crippen LogP contribution in [0, 0.1) is 0 Å². The Labute approximate surface area is 83.2 Å². The van der Waals surface area contributed by atoms with Gasteiger partial charge in [0.15, 0.2) is 0 Å². The first-order chi connectivity index (χ1) is 6.16. The summed E-state index contributed by atoms with van der Waals surface area (Å²) in [5, 5.41) is 8.91. The molecule has 0 atom stereocenters. The highest BCUT2D eigenvalue weighted by Gasteiger charge is 1.93. The summed E-state index contributed by atoms with van der Waals surface area (Å²) >= 11 is 5.75. The van der Waals surface area contributed by atoms with Crippen molar-refractivity contribution in [1.29, 1.82) is 0 Å². The lowest BCUT2D eigenvalue weighted by molar-refractivity contribution is -0.136. The molecule has 0 aromatic carbocycles. The minimum absolute atomic E-state index is 0.119. The van der Waals surface area contributed by atoms with E-state index in [0.29, 0.717) is 11.5 Å². The van der Waals surface area contributed by atoms with Gasteiger partial charge in [-0.2, -0.15) is 0 Å². The molecule has 0 aromatic heterocycles. The average Bonchev–Trinajstić information content (AvgIpc) is 2.04. The first-order valence-electron chi connectivity index (χ1n) is 4.03. The fourth-order valence-electron chi connectivity index (χ4n) is 0.660. The predicted molar refractivity (Wildman–Crippen MR) is 54.8 cm³/mol. The minimum Gasteiger partial charge on any atom is -0.481 e. The molecule has 72 valence electrons. The largest absolute Gasteiger partial charge is 0.481 e. The van der Waals surface area contributed by atoms with Crippen molar-refractivity contribution in [2.45, 2.75) is 19.8 Å². The number of hydrogen-bond acceptors (Lipinski definition) is 1. The number of carboxylic acids is 1. The topological polar surface area (TPSA) is 37.3 Å². The number of carboxylic acid groups (broad SMARTS) is 1. The van der Waals surface area contributed by atoms with Crippen LogP contribution in [0.15, 0.2) is 35.4 Å². The molecule has 0 fully saturated rings. The van der Waals surface area contributed by atoms with Crippen molar-refractivity contribution < 1.29 is 9.90 Å². The minimum atomic E-state index is -0.807. The van der Waals surface area contributed by atoms with Crippen LogP contribution in [0.4, 0.5) is 0 Å². The van der Waals surface area contributed by atoms with E-state index in [2.05, 4.69) is 0 Å². The molecule has 0 aromatic rings. The summed E-state index contributed by atoms with van der Waals surface area (Å²) < 4.78 is 0. The lowest BCUT2D eigenvalue weighted by atomic mass is 10.3. The zero-order valence-corrected chi connectivity index (χ0v) is 8.29. The maximum absolute atomic E-state index is 10.1. The number of hydrogen-bond donors (Lipinski definition) is 1. The van der Waals surface area contributed by atoms with Gasteiger partial charge in [-0.3, -0.25) is 4.79 Å². The zero-order valence-electron chi connectivity index (χ0n) is 7.53. The van der Waals surface area contributed by atoms with Gasteiger partial charge in [0.1, 0.15) is 0 Å². The van der Waals surface area contributed by atoms with Crippen LogP contribution < -0.4 is 0 Å². The highest BCUT2D eigenvalue weighted by molar-refractivity contribution is 6.31. The van der Waals surface area contributed by atoms with E-state index in [-0.39, 0.29) is 6.42 Å². The van der Waals surface area contributed by atoms with Crippen LogP contribution in [0.5, 0.6) is 0 Å². The molecule has 0 aliphatic rings. The summed E-state index contributed by atoms with van der Waals surface area (Å²) in [6, 6.07) is 0. The normalized spacial score (nSPS) is 12.9. The van der Waals surface area contributed by atoms with Gasteiger partial charge in [0, 0.05) is 11.5 Å². The second-order valence-corrected chi connectivity index (χ2v) is 2.84. The molecule has 0 amide bonds. The van der Waals surface area contributed by atoms with Crippen LogP contribution in [0.2, 0.25) is 0 Å². The fraction of sp³-hybridized carbons (Fsp3) is 0.300. The fourth-order valence-corrected chi connectivity index (χ4v) is 0.842. The van der Waals surface area contributed by atoms with Crippen LogP contribution in [0.1, 0.15) is 19.8 Å². The second kappa shape index (κ2) is 7.62. The van der Waals surface area contributed by atoms with E-state index in [1.165, 1.54) is 0 Å². The maximum Gasteiger partial charge on any atom is 0.303 e. The highest BCUT2D eigenvalue weighted by Crippen LogP contribution is 2.06. The quantitative estimate of drug-likeness (QED) is 0.693. The summed E-state index contributed by atoms with van der Waals surface area (Å²) in [7, 11) is 0. The first-order valence-corrected chi connectivity index (χ1v) is 4.41. The highest BCUT2D eigenvalue weighted by atomic mass is 35.5. The molecular formula is C10H13ClO2. The van der Waals surface area contributed by atoms with Crippen LogP contribution in [-0.4, -0.2) is 11.1 Å². The lowest BCUT2D eigenvalue weighted by Gasteiger charge is -1.89. The SMILES string of the molecule is C\C=C/C=C\C(Cl)=C\CCC(=O)O. The van der Waals surface area contributed by atoms with Gasteiger partial charge >= 0.3 is 5.97 Å². The van der Waals surface area contributed by atoms with Crippen molar-refractivity contribution in [3.63, 3.8) is 0 Å². The first kappa shape index (κ1) is 12.0. The third-order valence-electron chi connectivity index (χ3n) is 1.26. The molecular weight excluding hydrogens is 188 g/mol. The van der Waals surface area contributed by atoms with Crippen LogP contribution in [0.25, 0.3) is 0 Å². The molecule has 0 aliphatic carbocycles. The van der Waals surface area contributed by atoms with Crippen molar-refractivity contribution in [3.05, 3.63) is 35.4 Å². The Balaban J connectivity index is 3.81. The van der Waals surface area contributed by atoms with Gasteiger partial charge in [0.05, 0.1) is 0 Å². The van der Waals surface area contributed by atoms with Gasteiger partial charge in [-0.05, 0) is 19.4 Å². The van der Waals surface area contributed by atoms with E-state index in [9.17, 15) is 4.79 Å². The third kappa shape index (κ3) is 8.89. The number of halogens is 1. The Bertz CT molecular complexity index is 239. The van der Waals surface area contributed by atoms with Crippen LogP contribution >= 0.6 is 11.6 Å². The lowest BCUT2D eigenvalue weighted by Crippen LogP contribution is -1.91. The van der Waals surface area contributed by atoms with Gasteiger partial charge in [-0.1, -0.05) is 35.9 Å². The summed E-state index contributed by atoms with van der Waals surface area (Å²) in [5.41, 5.74) is 0. The maximum atomic E-state index is 10.1. The summed E-state index contributed by atoms with van der Waals surface area (Å²) in [6.07, 6.45) is 9.55. The molecule has 0 saturated carbocycles. The monoisotopic (exact) mass is 200 g/mol. The Morgan fingerprint density at radius 3 is 2.69 bits per heavy atom. The van der Waals surface area contributed by atoms with Crippen molar-refractivity contribution in [2.75, 3.05) is 0 Å². The third-order valence-corrected chi connectivity index (χ3v) is 1.54. The van der Waals surface area contributed by atoms with Gasteiger partial charge in [-0.25, -0.2) is 0 Å². The van der Waals surface area contributed by atoms with E-state index in [1.807, 2.05) is 19.1 Å². The molecule has 0 unspecified atom stereocenters. The van der Waals surface area contributed by atoms with Crippen molar-refractivity contribution in [3.8, 4) is 0 Å². The van der Waals surface area contributed by atoms with E-state index in [1.54, 1.807) is 18.2 Å². The Hall–Kier alpha value is -1.02. The van der Waals surface area contributed by atoms with Gasteiger partial charge in [0.2, 0.25) is 0 Å². The van der Waals surface area contributed by atoms with Gasteiger partial charge in [0.25, 0.3) is 0 Å². The van der Waals surface area contributed by atoms with Crippen molar-refractivity contribution >= 4 is 17.6 Å².